The monoisotopic (exact) mass is 103 g/mol. The van der Waals surface area contributed by atoms with E-state index in [1.165, 1.54) is 0 Å². The first kappa shape index (κ1) is 9.60. The minimum absolute atomic E-state index is 0.250. The molecular formula is C4H9NO2. The molecule has 0 aromatic heterocycles. The second kappa shape index (κ2) is 9.02. The van der Waals surface area contributed by atoms with Crippen LogP contribution in [0, 0.1) is 0 Å². The maximum absolute atomic E-state index is 8.12. The Kier molecular flexibility index (Phi) is 12.4. The maximum Gasteiger partial charge on any atom is 0.373 e. The Labute approximate surface area is 42.9 Å². The molecule has 7 heavy (non-hydrogen) atoms. The average molecular weight is 103 g/mol. The third-order valence-electron chi connectivity index (χ3n) is 0. The van der Waals surface area contributed by atoms with E-state index < -0.39 is 0 Å². The molecule has 42 valence electrons. The normalized spacial score (nSPS) is 6.29. The molecule has 0 aromatic carbocycles. The summed E-state index contributed by atoms with van der Waals surface area (Å²) in [7, 11) is 6.00. The van der Waals surface area contributed by atoms with Crippen LogP contribution in [-0.4, -0.2) is 32.2 Å². The van der Waals surface area contributed by atoms with E-state index in [1.807, 2.05) is 26.0 Å². The first-order chi connectivity index (χ1) is 3.15. The number of nitrogens with zero attached hydrogens (tertiary/aromatic N) is 1. The fraction of sp³-hybridized carbons (Fsp3) is 0.750. The molecule has 0 saturated carbocycles. The Hall–Kier alpha value is -0.660. The van der Waals surface area contributed by atoms with E-state index in [0.29, 0.717) is 0 Å². The highest BCUT2D eigenvalue weighted by atomic mass is 16.2. The van der Waals surface area contributed by atoms with Crippen LogP contribution in [0.1, 0.15) is 0 Å². The van der Waals surface area contributed by atoms with Crippen LogP contribution in [0.3, 0.4) is 0 Å². The lowest BCUT2D eigenvalue weighted by atomic mass is 11.0. The molecule has 0 aliphatic heterocycles. The first-order valence-electron chi connectivity index (χ1n) is 1.75. The standard InChI is InChI=1S/C3H9N.CO2/c1-4(2)3;2-1-3/h1-3H3;. The van der Waals surface area contributed by atoms with Crippen molar-refractivity contribution < 1.29 is 9.59 Å². The largest absolute Gasteiger partial charge is 0.373 e. The van der Waals surface area contributed by atoms with Gasteiger partial charge in [-0.2, -0.15) is 9.59 Å². The second-order valence-electron chi connectivity index (χ2n) is 1.42. The fourth-order valence-electron chi connectivity index (χ4n) is 0. The lowest BCUT2D eigenvalue weighted by Gasteiger charge is -1.90. The summed E-state index contributed by atoms with van der Waals surface area (Å²) < 4.78 is 0. The van der Waals surface area contributed by atoms with Crippen LogP contribution in [0.25, 0.3) is 0 Å². The van der Waals surface area contributed by atoms with Gasteiger partial charge in [-0.1, -0.05) is 0 Å². The molecule has 0 fully saturated rings. The van der Waals surface area contributed by atoms with Gasteiger partial charge in [0.15, 0.2) is 0 Å². The zero-order valence-electron chi connectivity index (χ0n) is 4.76. The zero-order chi connectivity index (χ0) is 6.28. The van der Waals surface area contributed by atoms with Gasteiger partial charge < -0.3 is 4.90 Å². The average Bonchev–Trinajstić information content (AvgIpc) is 1.33. The van der Waals surface area contributed by atoms with E-state index in [4.69, 9.17) is 9.59 Å². The molecule has 0 radical (unpaired) electrons. The van der Waals surface area contributed by atoms with Gasteiger partial charge in [0.2, 0.25) is 0 Å². The molecule has 0 N–H and O–H groups in total. The third-order valence-corrected chi connectivity index (χ3v) is 0. The predicted molar refractivity (Wildman–Crippen MR) is 24.6 cm³/mol. The lowest BCUT2D eigenvalue weighted by molar-refractivity contribution is -0.191. The van der Waals surface area contributed by atoms with Crippen molar-refractivity contribution in [2.75, 3.05) is 21.1 Å². The van der Waals surface area contributed by atoms with Gasteiger partial charge in [-0.3, -0.25) is 0 Å². The van der Waals surface area contributed by atoms with Gasteiger partial charge in [0.1, 0.15) is 0 Å². The molecule has 0 aliphatic rings. The highest BCUT2D eigenvalue weighted by Crippen LogP contribution is 1.47. The molecule has 3 heteroatoms. The molecule has 0 heterocycles. The summed E-state index contributed by atoms with van der Waals surface area (Å²) in [6, 6.07) is 0. The Morgan fingerprint density at radius 1 is 1.14 bits per heavy atom. The number of carbonyl (C=O) groups excluding carboxylic acids is 2. The Morgan fingerprint density at radius 3 is 1.14 bits per heavy atom. The van der Waals surface area contributed by atoms with Crippen LogP contribution in [-0.2, 0) is 9.59 Å². The molecule has 0 saturated heterocycles. The second-order valence-corrected chi connectivity index (χ2v) is 1.42. The third kappa shape index (κ3) is 137. The van der Waals surface area contributed by atoms with Crippen molar-refractivity contribution in [1.29, 1.82) is 0 Å². The van der Waals surface area contributed by atoms with Crippen molar-refractivity contribution in [3.05, 3.63) is 0 Å². The van der Waals surface area contributed by atoms with Crippen LogP contribution >= 0.6 is 0 Å². The highest BCUT2D eigenvalue weighted by molar-refractivity contribution is 5.20. The highest BCUT2D eigenvalue weighted by Gasteiger charge is 1.58. The molecule has 0 unspecified atom stereocenters. The van der Waals surface area contributed by atoms with Gasteiger partial charge in [0.05, 0.1) is 0 Å². The Balaban J connectivity index is 0. The van der Waals surface area contributed by atoms with E-state index in [9.17, 15) is 0 Å². The number of hydrogen-bond donors (Lipinski definition) is 0. The molecular weight excluding hydrogens is 94.0 g/mol. The van der Waals surface area contributed by atoms with E-state index in [1.54, 1.807) is 0 Å². The van der Waals surface area contributed by atoms with Gasteiger partial charge in [-0.25, -0.2) is 0 Å². The summed E-state index contributed by atoms with van der Waals surface area (Å²) in [6.07, 6.45) is 0.250. The summed E-state index contributed by atoms with van der Waals surface area (Å²) in [6.45, 7) is 0. The van der Waals surface area contributed by atoms with Gasteiger partial charge in [0.25, 0.3) is 0 Å². The summed E-state index contributed by atoms with van der Waals surface area (Å²) >= 11 is 0. The van der Waals surface area contributed by atoms with Gasteiger partial charge in [-0.15, -0.1) is 0 Å². The van der Waals surface area contributed by atoms with Crippen molar-refractivity contribution in [2.45, 2.75) is 0 Å². The van der Waals surface area contributed by atoms with Crippen LogP contribution in [0.5, 0.6) is 0 Å². The minimum atomic E-state index is 0.250. The lowest BCUT2D eigenvalue weighted by Crippen LogP contribution is -1.99. The smallest absolute Gasteiger partial charge is 0.312 e. The molecule has 0 aliphatic carbocycles. The Bertz CT molecular complexity index is 52.0. The summed E-state index contributed by atoms with van der Waals surface area (Å²) in [5.41, 5.74) is 0. The number of rotatable bonds is 0. The predicted octanol–water partition coefficient (Wildman–Crippen LogP) is -0.406. The van der Waals surface area contributed by atoms with E-state index in [0.717, 1.165) is 0 Å². The van der Waals surface area contributed by atoms with Gasteiger partial charge >= 0.3 is 6.15 Å². The topological polar surface area (TPSA) is 37.4 Å². The van der Waals surface area contributed by atoms with Crippen LogP contribution in [0.2, 0.25) is 0 Å². The quantitative estimate of drug-likeness (QED) is 0.418. The van der Waals surface area contributed by atoms with Crippen molar-refractivity contribution >= 4 is 6.15 Å². The van der Waals surface area contributed by atoms with E-state index >= 15 is 0 Å². The molecule has 0 aromatic rings. The van der Waals surface area contributed by atoms with Crippen molar-refractivity contribution in [1.82, 2.24) is 4.90 Å². The molecule has 0 amide bonds. The van der Waals surface area contributed by atoms with E-state index in [2.05, 4.69) is 0 Å². The van der Waals surface area contributed by atoms with Crippen molar-refractivity contribution in [2.24, 2.45) is 0 Å². The molecule has 0 bridgehead atoms. The molecule has 3 nitrogen and oxygen atoms in total. The number of hydrogen-bond acceptors (Lipinski definition) is 3. The molecule has 0 rings (SSSR count). The summed E-state index contributed by atoms with van der Waals surface area (Å²) in [5, 5.41) is 0. The summed E-state index contributed by atoms with van der Waals surface area (Å²) in [5.74, 6) is 0. The fourth-order valence-corrected chi connectivity index (χ4v) is 0. The van der Waals surface area contributed by atoms with Crippen molar-refractivity contribution in [3.63, 3.8) is 0 Å². The molecule has 0 spiro atoms. The van der Waals surface area contributed by atoms with Crippen molar-refractivity contribution in [3.8, 4) is 0 Å². The summed E-state index contributed by atoms with van der Waals surface area (Å²) in [4.78, 5) is 18.2. The zero-order valence-corrected chi connectivity index (χ0v) is 4.76. The molecule has 0 atom stereocenters. The van der Waals surface area contributed by atoms with Crippen LogP contribution in [0.15, 0.2) is 0 Å². The maximum atomic E-state index is 8.12. The minimum Gasteiger partial charge on any atom is -0.312 e. The Morgan fingerprint density at radius 2 is 1.14 bits per heavy atom. The van der Waals surface area contributed by atoms with E-state index in [-0.39, 0.29) is 6.15 Å². The van der Waals surface area contributed by atoms with Crippen LogP contribution < -0.4 is 0 Å². The first-order valence-corrected chi connectivity index (χ1v) is 1.75. The van der Waals surface area contributed by atoms with Gasteiger partial charge in [-0.05, 0) is 21.1 Å². The van der Waals surface area contributed by atoms with Crippen LogP contribution in [0.4, 0.5) is 0 Å². The van der Waals surface area contributed by atoms with Gasteiger partial charge in [0, 0.05) is 0 Å². The SMILES string of the molecule is CN(C)C.O=C=O.